The van der Waals surface area contributed by atoms with E-state index < -0.39 is 25.2 Å². The molecule has 0 saturated carbocycles. The van der Waals surface area contributed by atoms with Crippen LogP contribution in [0.25, 0.3) is 0 Å². The van der Waals surface area contributed by atoms with E-state index in [1.165, 1.54) is 0 Å². The van der Waals surface area contributed by atoms with Crippen molar-refractivity contribution in [2.45, 2.75) is 6.10 Å². The molecular weight excluding hydrogens is 280 g/mol. The summed E-state index contributed by atoms with van der Waals surface area (Å²) in [4.78, 5) is 11.9. The van der Waals surface area contributed by atoms with Crippen LogP contribution < -0.4 is 0 Å². The SMILES string of the molecule is O=C(c1ccccc1)C(O)c1ccccc1.[O]=[Ti]=[O]. The molecule has 5 heteroatoms. The van der Waals surface area contributed by atoms with Crippen molar-refractivity contribution in [1.29, 1.82) is 0 Å². The Bertz CT molecular complexity index is 548. The zero-order valence-corrected chi connectivity index (χ0v) is 11.6. The summed E-state index contributed by atoms with van der Waals surface area (Å²) in [6, 6.07) is 17.7. The van der Waals surface area contributed by atoms with E-state index in [2.05, 4.69) is 0 Å². The Morgan fingerprint density at radius 2 is 1.32 bits per heavy atom. The third-order valence-electron chi connectivity index (χ3n) is 2.42. The molecule has 0 saturated heterocycles. The van der Waals surface area contributed by atoms with E-state index in [9.17, 15) is 9.90 Å². The number of aliphatic hydroxyl groups excluding tert-OH is 1. The van der Waals surface area contributed by atoms with Crippen LogP contribution in [0, 0.1) is 0 Å². The van der Waals surface area contributed by atoms with Crippen LogP contribution in [0.5, 0.6) is 0 Å². The zero-order chi connectivity index (χ0) is 14.1. The minimum atomic E-state index is -2.00. The number of Topliss-reactive ketones (excluding diaryl/α,β-unsaturated/α-hetero) is 1. The van der Waals surface area contributed by atoms with Gasteiger partial charge < -0.3 is 5.11 Å². The van der Waals surface area contributed by atoms with Crippen molar-refractivity contribution in [2.75, 3.05) is 0 Å². The van der Waals surface area contributed by atoms with E-state index in [0.29, 0.717) is 11.1 Å². The zero-order valence-electron chi connectivity index (χ0n) is 10.0. The number of carbonyl (C=O) groups excluding carboxylic acids is 1. The van der Waals surface area contributed by atoms with Crippen molar-refractivity contribution in [3.63, 3.8) is 0 Å². The van der Waals surface area contributed by atoms with E-state index in [1.807, 2.05) is 12.1 Å². The third kappa shape index (κ3) is 4.87. The Kier molecular flexibility index (Phi) is 6.89. The summed E-state index contributed by atoms with van der Waals surface area (Å²) in [5.41, 5.74) is 1.15. The molecule has 0 spiro atoms. The van der Waals surface area contributed by atoms with Gasteiger partial charge in [-0.3, -0.25) is 4.79 Å². The first kappa shape index (κ1) is 15.4. The van der Waals surface area contributed by atoms with Gasteiger partial charge in [0.05, 0.1) is 0 Å². The summed E-state index contributed by atoms with van der Waals surface area (Å²) in [5.74, 6) is -0.271. The average molecular weight is 292 g/mol. The van der Waals surface area contributed by atoms with Crippen molar-refractivity contribution in [3.8, 4) is 0 Å². The molecule has 0 amide bonds. The van der Waals surface area contributed by atoms with Gasteiger partial charge in [-0.05, 0) is 5.56 Å². The molecule has 19 heavy (non-hydrogen) atoms. The predicted octanol–water partition coefficient (Wildman–Crippen LogP) is 2.36. The molecule has 96 valence electrons. The summed E-state index contributed by atoms with van der Waals surface area (Å²) < 4.78 is 17.0. The van der Waals surface area contributed by atoms with Gasteiger partial charge in [0.2, 0.25) is 0 Å². The van der Waals surface area contributed by atoms with E-state index in [0.717, 1.165) is 0 Å². The fraction of sp³-hybridized carbons (Fsp3) is 0.0714. The van der Waals surface area contributed by atoms with Gasteiger partial charge in [-0.15, -0.1) is 0 Å². The molecule has 0 heterocycles. The van der Waals surface area contributed by atoms with Gasteiger partial charge in [0.25, 0.3) is 0 Å². The monoisotopic (exact) mass is 292 g/mol. The van der Waals surface area contributed by atoms with Gasteiger partial charge in [0.15, 0.2) is 5.78 Å². The number of hydrogen-bond donors (Lipinski definition) is 1. The molecule has 0 fully saturated rings. The van der Waals surface area contributed by atoms with Gasteiger partial charge in [0.1, 0.15) is 6.10 Å². The van der Waals surface area contributed by atoms with E-state index >= 15 is 0 Å². The second-order valence-corrected chi connectivity index (χ2v) is 3.89. The number of hydrogen-bond acceptors (Lipinski definition) is 4. The Morgan fingerprint density at radius 1 is 0.895 bits per heavy atom. The third-order valence-corrected chi connectivity index (χ3v) is 2.42. The van der Waals surface area contributed by atoms with Crippen LogP contribution in [0.1, 0.15) is 22.0 Å². The molecule has 1 atom stereocenters. The van der Waals surface area contributed by atoms with Gasteiger partial charge in [0, 0.05) is 5.56 Å². The first-order valence-corrected chi connectivity index (χ1v) is 6.79. The van der Waals surface area contributed by atoms with Crippen molar-refractivity contribution in [1.82, 2.24) is 0 Å². The van der Waals surface area contributed by atoms with Crippen LogP contribution in [-0.4, -0.2) is 10.9 Å². The number of aliphatic hydroxyl groups is 1. The first-order chi connectivity index (χ1) is 9.20. The summed E-state index contributed by atoms with van der Waals surface area (Å²) in [6.07, 6.45) is -1.08. The van der Waals surface area contributed by atoms with Crippen molar-refractivity contribution >= 4 is 5.78 Å². The molecule has 0 aromatic heterocycles. The number of rotatable bonds is 3. The maximum atomic E-state index is 11.9. The van der Waals surface area contributed by atoms with E-state index in [4.69, 9.17) is 6.65 Å². The van der Waals surface area contributed by atoms with Gasteiger partial charge in [-0.2, -0.15) is 0 Å². The maximum absolute atomic E-state index is 11.9. The van der Waals surface area contributed by atoms with Crippen LogP contribution >= 0.6 is 0 Å². The van der Waals surface area contributed by atoms with Crippen LogP contribution in [0.3, 0.4) is 0 Å². The summed E-state index contributed by atoms with van der Waals surface area (Å²) in [6.45, 7) is 0. The Balaban J connectivity index is 0.000000550. The molecule has 0 radical (unpaired) electrons. The van der Waals surface area contributed by atoms with E-state index in [1.54, 1.807) is 48.5 Å². The molecule has 2 aromatic rings. The standard InChI is InChI=1S/C14H12O2.2O.Ti/c15-13(11-7-3-1-4-8-11)14(16)12-9-5-2-6-10-12;;;/h1-10,13,15H;;;. The fourth-order valence-electron chi connectivity index (χ4n) is 1.55. The molecule has 0 bridgehead atoms. The summed E-state index contributed by atoms with van der Waals surface area (Å²) in [5, 5.41) is 9.89. The molecule has 4 nitrogen and oxygen atoms in total. The van der Waals surface area contributed by atoms with Gasteiger partial charge >= 0.3 is 25.7 Å². The Hall–Kier alpha value is -1.62. The van der Waals surface area contributed by atoms with Gasteiger partial charge in [-0.1, -0.05) is 60.7 Å². The average Bonchev–Trinajstić information content (AvgIpc) is 2.48. The van der Waals surface area contributed by atoms with Gasteiger partial charge in [-0.25, -0.2) is 0 Å². The second kappa shape index (κ2) is 8.48. The topological polar surface area (TPSA) is 71.4 Å². The molecule has 0 aliphatic carbocycles. The Morgan fingerprint density at radius 3 is 1.79 bits per heavy atom. The molecule has 2 aromatic carbocycles. The normalized spacial score (nSPS) is 10.6. The molecular formula is C14H12O4Ti. The molecule has 0 aliphatic rings. The second-order valence-electron chi connectivity index (χ2n) is 3.63. The molecule has 0 aliphatic heterocycles. The van der Waals surface area contributed by atoms with Crippen molar-refractivity contribution in [3.05, 3.63) is 71.8 Å². The minimum absolute atomic E-state index is 0.271. The fourth-order valence-corrected chi connectivity index (χ4v) is 1.55. The van der Waals surface area contributed by atoms with E-state index in [-0.39, 0.29) is 5.78 Å². The first-order valence-electron chi connectivity index (χ1n) is 5.52. The van der Waals surface area contributed by atoms with Crippen LogP contribution in [-0.2, 0) is 25.7 Å². The Labute approximate surface area is 119 Å². The number of carbonyl (C=O) groups is 1. The van der Waals surface area contributed by atoms with Crippen molar-refractivity contribution in [2.24, 2.45) is 0 Å². The van der Waals surface area contributed by atoms with Crippen molar-refractivity contribution < 1.29 is 35.6 Å². The van der Waals surface area contributed by atoms with Crippen LogP contribution in [0.15, 0.2) is 60.7 Å². The number of benzene rings is 2. The molecule has 1 unspecified atom stereocenters. The molecule has 2 rings (SSSR count). The quantitative estimate of drug-likeness (QED) is 0.696. The van der Waals surface area contributed by atoms with Crippen LogP contribution in [0.2, 0.25) is 0 Å². The number of ketones is 1. The summed E-state index contributed by atoms with van der Waals surface area (Å²) in [7, 11) is 0. The summed E-state index contributed by atoms with van der Waals surface area (Å²) >= 11 is -2.00. The predicted molar refractivity (Wildman–Crippen MR) is 63.5 cm³/mol. The molecule has 1 N–H and O–H groups in total. The van der Waals surface area contributed by atoms with Crippen LogP contribution in [0.4, 0.5) is 0 Å².